The molecule has 1 amide bonds. The molecular weight excluding hydrogens is 160 g/mol. The third kappa shape index (κ3) is 1.14. The topological polar surface area (TPSA) is 33.2 Å². The van der Waals surface area contributed by atoms with Crippen molar-refractivity contribution >= 4 is 23.1 Å². The summed E-state index contributed by atoms with van der Waals surface area (Å²) in [4.78, 5) is 16.8. The minimum absolute atomic E-state index is 0.185. The van der Waals surface area contributed by atoms with Gasteiger partial charge in [0.15, 0.2) is 5.51 Å². The summed E-state index contributed by atoms with van der Waals surface area (Å²) in [6.07, 6.45) is 1.62. The normalized spacial score (nSPS) is 17.8. The first kappa shape index (κ1) is 6.79. The molecule has 1 aliphatic heterocycles. The monoisotopic (exact) mass is 167 g/mol. The van der Waals surface area contributed by atoms with Crippen LogP contribution in [0.3, 0.4) is 0 Å². The second-order valence-electron chi connectivity index (χ2n) is 2.45. The molecule has 2 heterocycles. The van der Waals surface area contributed by atoms with E-state index in [0.29, 0.717) is 6.42 Å². The zero-order chi connectivity index (χ0) is 7.68. The minimum Gasteiger partial charge on any atom is -0.296 e. The van der Waals surface area contributed by atoms with Crippen molar-refractivity contribution in [2.75, 3.05) is 11.4 Å². The summed E-state index contributed by atoms with van der Waals surface area (Å²) in [6.45, 7) is 0.816. The third-order valence-electron chi connectivity index (χ3n) is 1.73. The highest BCUT2D eigenvalue weighted by molar-refractivity contribution is 7.07. The van der Waals surface area contributed by atoms with Crippen LogP contribution in [-0.4, -0.2) is 17.4 Å². The molecule has 0 aromatic carbocycles. The Morgan fingerprint density at radius 3 is 3.18 bits per heavy atom. The Morgan fingerprint density at radius 2 is 2.64 bits per heavy atom. The molecule has 1 aromatic rings. The van der Waals surface area contributed by atoms with Crippen LogP contribution in [0.4, 0.5) is 5.82 Å². The molecule has 0 aliphatic carbocycles. The van der Waals surface area contributed by atoms with Gasteiger partial charge < -0.3 is 0 Å². The molecule has 1 radical (unpaired) electrons. The van der Waals surface area contributed by atoms with E-state index in [4.69, 9.17) is 0 Å². The van der Waals surface area contributed by atoms with Crippen LogP contribution in [0.5, 0.6) is 0 Å². The largest absolute Gasteiger partial charge is 0.296 e. The van der Waals surface area contributed by atoms with Gasteiger partial charge in [-0.25, -0.2) is 4.98 Å². The second kappa shape index (κ2) is 2.62. The lowest BCUT2D eigenvalue weighted by atomic mass is 10.4. The van der Waals surface area contributed by atoms with Crippen molar-refractivity contribution in [3.63, 3.8) is 0 Å². The number of thiazole rings is 1. The predicted octanol–water partition coefficient (Wildman–Crippen LogP) is 1.07. The van der Waals surface area contributed by atoms with Gasteiger partial charge in [-0.15, -0.1) is 11.3 Å². The van der Waals surface area contributed by atoms with Crippen molar-refractivity contribution in [3.8, 4) is 0 Å². The van der Waals surface area contributed by atoms with Crippen LogP contribution in [-0.2, 0) is 4.79 Å². The van der Waals surface area contributed by atoms with E-state index < -0.39 is 0 Å². The molecule has 1 fully saturated rings. The van der Waals surface area contributed by atoms with Crippen LogP contribution in [0.1, 0.15) is 12.8 Å². The first-order valence-corrected chi connectivity index (χ1v) is 4.38. The summed E-state index contributed by atoms with van der Waals surface area (Å²) in [5.41, 5.74) is 2.72. The molecule has 1 aromatic heterocycles. The highest BCUT2D eigenvalue weighted by Crippen LogP contribution is 2.19. The molecule has 0 spiro atoms. The van der Waals surface area contributed by atoms with Crippen molar-refractivity contribution < 1.29 is 4.79 Å². The minimum atomic E-state index is 0.185. The SMILES string of the molecule is O=C1CCCN1c1cs[c]n1. The van der Waals surface area contributed by atoms with Gasteiger partial charge >= 0.3 is 0 Å². The number of anilines is 1. The summed E-state index contributed by atoms with van der Waals surface area (Å²) in [5, 5.41) is 1.85. The van der Waals surface area contributed by atoms with E-state index in [0.717, 1.165) is 18.8 Å². The van der Waals surface area contributed by atoms with Gasteiger partial charge in [0.25, 0.3) is 0 Å². The second-order valence-corrected chi connectivity index (χ2v) is 3.10. The number of nitrogens with zero attached hydrogens (tertiary/aromatic N) is 2. The Balaban J connectivity index is 2.23. The fourth-order valence-corrected chi connectivity index (χ4v) is 1.68. The van der Waals surface area contributed by atoms with Crippen molar-refractivity contribution in [3.05, 3.63) is 10.9 Å². The number of rotatable bonds is 1. The predicted molar refractivity (Wildman–Crippen MR) is 42.5 cm³/mol. The molecule has 1 aliphatic rings. The van der Waals surface area contributed by atoms with Crippen LogP contribution in [0.15, 0.2) is 5.38 Å². The van der Waals surface area contributed by atoms with Crippen LogP contribution in [0.25, 0.3) is 0 Å². The lowest BCUT2D eigenvalue weighted by molar-refractivity contribution is -0.117. The van der Waals surface area contributed by atoms with E-state index >= 15 is 0 Å². The molecule has 0 bridgehead atoms. The van der Waals surface area contributed by atoms with E-state index in [1.165, 1.54) is 11.3 Å². The first-order chi connectivity index (χ1) is 5.38. The van der Waals surface area contributed by atoms with E-state index in [1.54, 1.807) is 4.90 Å². The van der Waals surface area contributed by atoms with Crippen LogP contribution in [0, 0.1) is 5.51 Å². The quantitative estimate of drug-likeness (QED) is 0.626. The summed E-state index contributed by atoms with van der Waals surface area (Å²) < 4.78 is 0. The fraction of sp³-hybridized carbons (Fsp3) is 0.429. The van der Waals surface area contributed by atoms with E-state index in [2.05, 4.69) is 10.5 Å². The highest BCUT2D eigenvalue weighted by Gasteiger charge is 2.22. The van der Waals surface area contributed by atoms with Crippen molar-refractivity contribution in [2.24, 2.45) is 0 Å². The maximum absolute atomic E-state index is 11.1. The summed E-state index contributed by atoms with van der Waals surface area (Å²) in [6, 6.07) is 0. The molecule has 1 saturated heterocycles. The zero-order valence-corrected chi connectivity index (χ0v) is 6.73. The zero-order valence-electron chi connectivity index (χ0n) is 5.91. The maximum atomic E-state index is 11.1. The number of hydrogen-bond donors (Lipinski definition) is 0. The van der Waals surface area contributed by atoms with Crippen LogP contribution >= 0.6 is 11.3 Å². The van der Waals surface area contributed by atoms with Crippen LogP contribution in [0.2, 0.25) is 0 Å². The van der Waals surface area contributed by atoms with Gasteiger partial charge in [-0.05, 0) is 6.42 Å². The molecule has 0 saturated carbocycles. The molecule has 11 heavy (non-hydrogen) atoms. The first-order valence-electron chi connectivity index (χ1n) is 3.50. The molecule has 0 unspecified atom stereocenters. The lowest BCUT2D eigenvalue weighted by Crippen LogP contribution is -2.23. The number of amides is 1. The van der Waals surface area contributed by atoms with Crippen molar-refractivity contribution in [2.45, 2.75) is 12.8 Å². The Hall–Kier alpha value is -0.900. The number of aromatic nitrogens is 1. The summed E-state index contributed by atoms with van der Waals surface area (Å²) >= 11 is 1.40. The van der Waals surface area contributed by atoms with Gasteiger partial charge in [0.05, 0.1) is 0 Å². The Labute approximate surface area is 68.7 Å². The Morgan fingerprint density at radius 1 is 1.73 bits per heavy atom. The van der Waals surface area contributed by atoms with E-state index in [1.807, 2.05) is 5.38 Å². The highest BCUT2D eigenvalue weighted by atomic mass is 32.1. The fourth-order valence-electron chi connectivity index (χ4n) is 1.19. The van der Waals surface area contributed by atoms with Gasteiger partial charge in [0.2, 0.25) is 5.91 Å². The molecule has 57 valence electrons. The number of hydrogen-bond acceptors (Lipinski definition) is 3. The van der Waals surface area contributed by atoms with Gasteiger partial charge in [-0.2, -0.15) is 0 Å². The smallest absolute Gasteiger partial charge is 0.228 e. The van der Waals surface area contributed by atoms with Gasteiger partial charge in [-0.3, -0.25) is 9.69 Å². The van der Waals surface area contributed by atoms with Crippen molar-refractivity contribution in [1.29, 1.82) is 0 Å². The van der Waals surface area contributed by atoms with Crippen molar-refractivity contribution in [1.82, 2.24) is 4.98 Å². The summed E-state index contributed by atoms with van der Waals surface area (Å²) in [7, 11) is 0. The van der Waals surface area contributed by atoms with E-state index in [9.17, 15) is 4.79 Å². The molecule has 2 rings (SSSR count). The summed E-state index contributed by atoms with van der Waals surface area (Å²) in [5.74, 6) is 0.946. The molecule has 3 nitrogen and oxygen atoms in total. The average Bonchev–Trinajstić information content (AvgIpc) is 2.55. The average molecular weight is 167 g/mol. The third-order valence-corrected chi connectivity index (χ3v) is 2.25. The standard InChI is InChI=1S/C7H7N2OS/c10-7-2-1-3-9(7)6-4-11-5-8-6/h4H,1-3H2. The van der Waals surface area contributed by atoms with Gasteiger partial charge in [-0.1, -0.05) is 0 Å². The maximum Gasteiger partial charge on any atom is 0.228 e. The number of carbonyl (C=O) groups excluding carboxylic acids is 1. The Bertz CT molecular complexity index is 257. The molecular formula is C7H7N2OS. The number of carbonyl (C=O) groups is 1. The lowest BCUT2D eigenvalue weighted by Gasteiger charge is -2.10. The molecule has 0 N–H and O–H groups in total. The van der Waals surface area contributed by atoms with E-state index in [-0.39, 0.29) is 5.91 Å². The molecule has 0 atom stereocenters. The Kier molecular flexibility index (Phi) is 1.62. The van der Waals surface area contributed by atoms with Crippen LogP contribution < -0.4 is 4.90 Å². The van der Waals surface area contributed by atoms with Gasteiger partial charge in [0, 0.05) is 18.3 Å². The molecule has 4 heteroatoms. The van der Waals surface area contributed by atoms with Gasteiger partial charge in [0.1, 0.15) is 5.82 Å².